The van der Waals surface area contributed by atoms with Gasteiger partial charge in [0.1, 0.15) is 0 Å². The molecule has 0 saturated heterocycles. The lowest BCUT2D eigenvalue weighted by Crippen LogP contribution is -2.32. The van der Waals surface area contributed by atoms with Crippen LogP contribution in [0.3, 0.4) is 0 Å². The van der Waals surface area contributed by atoms with Gasteiger partial charge in [-0.1, -0.05) is 54.9 Å². The normalized spacial score (nSPS) is 10.7. The average molecular weight is 317 g/mol. The van der Waals surface area contributed by atoms with E-state index >= 15 is 0 Å². The molecule has 3 nitrogen and oxygen atoms in total. The Morgan fingerprint density at radius 1 is 1.18 bits per heavy atom. The Morgan fingerprint density at radius 3 is 2.55 bits per heavy atom. The van der Waals surface area contributed by atoms with E-state index < -0.39 is 0 Å². The van der Waals surface area contributed by atoms with Gasteiger partial charge in [-0.2, -0.15) is 0 Å². The highest BCUT2D eigenvalue weighted by Gasteiger charge is 2.10. The molecule has 2 aromatic rings. The van der Waals surface area contributed by atoms with Gasteiger partial charge in [0.25, 0.3) is 0 Å². The van der Waals surface area contributed by atoms with E-state index in [1.807, 2.05) is 37.3 Å². The Hall–Kier alpha value is -1.84. The standard InChI is InChI=1S/C18H21ClN2O/c1-3-21(12-15-7-5-4-6-8-15)13-18(22)20-16-10-9-14(2)17(19)11-16/h4-11H,3,12-13H2,1-2H3,(H,20,22). The van der Waals surface area contributed by atoms with Gasteiger partial charge in [0.15, 0.2) is 0 Å². The number of hydrogen-bond donors (Lipinski definition) is 1. The molecular formula is C18H21ClN2O. The smallest absolute Gasteiger partial charge is 0.238 e. The summed E-state index contributed by atoms with van der Waals surface area (Å²) in [7, 11) is 0. The highest BCUT2D eigenvalue weighted by Crippen LogP contribution is 2.19. The first-order valence-electron chi connectivity index (χ1n) is 7.40. The van der Waals surface area contributed by atoms with Gasteiger partial charge in [-0.15, -0.1) is 0 Å². The maximum Gasteiger partial charge on any atom is 0.238 e. The van der Waals surface area contributed by atoms with E-state index in [0.717, 1.165) is 24.3 Å². The van der Waals surface area contributed by atoms with E-state index in [4.69, 9.17) is 11.6 Å². The third-order valence-electron chi connectivity index (χ3n) is 3.52. The van der Waals surface area contributed by atoms with Crippen molar-refractivity contribution in [3.8, 4) is 0 Å². The molecule has 0 aliphatic rings. The Morgan fingerprint density at radius 2 is 1.91 bits per heavy atom. The van der Waals surface area contributed by atoms with Crippen molar-refractivity contribution < 1.29 is 4.79 Å². The average Bonchev–Trinajstić information content (AvgIpc) is 2.51. The van der Waals surface area contributed by atoms with Gasteiger partial charge in [0, 0.05) is 17.3 Å². The molecule has 4 heteroatoms. The summed E-state index contributed by atoms with van der Waals surface area (Å²) in [5.74, 6) is -0.0299. The summed E-state index contributed by atoms with van der Waals surface area (Å²) < 4.78 is 0. The Kier molecular flexibility index (Phi) is 5.99. The first kappa shape index (κ1) is 16.5. The number of hydrogen-bond acceptors (Lipinski definition) is 2. The second-order valence-electron chi connectivity index (χ2n) is 5.30. The number of rotatable bonds is 6. The van der Waals surface area contributed by atoms with Crippen LogP contribution in [0, 0.1) is 6.92 Å². The van der Waals surface area contributed by atoms with E-state index in [-0.39, 0.29) is 5.91 Å². The van der Waals surface area contributed by atoms with Gasteiger partial charge in [-0.05, 0) is 36.7 Å². The van der Waals surface area contributed by atoms with Crippen molar-refractivity contribution in [2.75, 3.05) is 18.4 Å². The monoisotopic (exact) mass is 316 g/mol. The molecule has 2 aromatic carbocycles. The third kappa shape index (κ3) is 4.86. The van der Waals surface area contributed by atoms with Crippen LogP contribution in [0.1, 0.15) is 18.1 Å². The molecule has 1 N–H and O–H groups in total. The fraction of sp³-hybridized carbons (Fsp3) is 0.278. The molecule has 0 saturated carbocycles. The third-order valence-corrected chi connectivity index (χ3v) is 3.93. The second-order valence-corrected chi connectivity index (χ2v) is 5.71. The summed E-state index contributed by atoms with van der Waals surface area (Å²) in [5, 5.41) is 3.56. The Bertz CT molecular complexity index is 628. The number of nitrogens with zero attached hydrogens (tertiary/aromatic N) is 1. The minimum atomic E-state index is -0.0299. The van der Waals surface area contributed by atoms with E-state index in [9.17, 15) is 4.79 Å². The SMILES string of the molecule is CCN(CC(=O)Nc1ccc(C)c(Cl)c1)Cc1ccccc1. The zero-order chi connectivity index (χ0) is 15.9. The van der Waals surface area contributed by atoms with E-state index in [1.165, 1.54) is 5.56 Å². The number of halogens is 1. The number of benzene rings is 2. The number of likely N-dealkylation sites (N-methyl/N-ethyl adjacent to an activating group) is 1. The molecule has 0 spiro atoms. The molecule has 0 fully saturated rings. The molecule has 0 aliphatic carbocycles. The van der Waals surface area contributed by atoms with Crippen LogP contribution in [0.15, 0.2) is 48.5 Å². The molecule has 0 aromatic heterocycles. The van der Waals surface area contributed by atoms with Crippen LogP contribution < -0.4 is 5.32 Å². The number of nitrogens with one attached hydrogen (secondary N) is 1. The number of amides is 1. The van der Waals surface area contributed by atoms with Gasteiger partial charge in [-0.3, -0.25) is 9.69 Å². The molecule has 0 radical (unpaired) electrons. The first-order chi connectivity index (χ1) is 10.6. The van der Waals surface area contributed by atoms with Crippen molar-refractivity contribution in [3.63, 3.8) is 0 Å². The van der Waals surface area contributed by atoms with Gasteiger partial charge >= 0.3 is 0 Å². The molecule has 0 aliphatic heterocycles. The maximum absolute atomic E-state index is 12.2. The predicted molar refractivity (Wildman–Crippen MR) is 92.2 cm³/mol. The fourth-order valence-corrected chi connectivity index (χ4v) is 2.38. The van der Waals surface area contributed by atoms with Crippen LogP contribution in [0.4, 0.5) is 5.69 Å². The van der Waals surface area contributed by atoms with Crippen LogP contribution in [-0.2, 0) is 11.3 Å². The van der Waals surface area contributed by atoms with Crippen molar-refractivity contribution in [3.05, 3.63) is 64.7 Å². The van der Waals surface area contributed by atoms with Crippen LogP contribution in [0.5, 0.6) is 0 Å². The largest absolute Gasteiger partial charge is 0.325 e. The van der Waals surface area contributed by atoms with Crippen molar-refractivity contribution in [1.82, 2.24) is 4.90 Å². The molecular weight excluding hydrogens is 296 g/mol. The zero-order valence-electron chi connectivity index (χ0n) is 13.0. The number of carbonyl (C=O) groups excluding carboxylic acids is 1. The van der Waals surface area contributed by atoms with Crippen molar-refractivity contribution in [1.29, 1.82) is 0 Å². The number of aryl methyl sites for hydroxylation is 1. The second kappa shape index (κ2) is 7.97. The van der Waals surface area contributed by atoms with E-state index in [2.05, 4.69) is 29.3 Å². The molecule has 22 heavy (non-hydrogen) atoms. The number of carbonyl (C=O) groups is 1. The molecule has 2 rings (SSSR count). The van der Waals surface area contributed by atoms with Gasteiger partial charge in [0.05, 0.1) is 6.54 Å². The highest BCUT2D eigenvalue weighted by atomic mass is 35.5. The highest BCUT2D eigenvalue weighted by molar-refractivity contribution is 6.31. The lowest BCUT2D eigenvalue weighted by atomic mass is 10.2. The lowest BCUT2D eigenvalue weighted by Gasteiger charge is -2.20. The van der Waals surface area contributed by atoms with Crippen molar-refractivity contribution in [2.24, 2.45) is 0 Å². The Labute approximate surface area is 136 Å². The summed E-state index contributed by atoms with van der Waals surface area (Å²) in [5.41, 5.74) is 2.94. The number of anilines is 1. The van der Waals surface area contributed by atoms with Crippen molar-refractivity contribution >= 4 is 23.2 Å². The van der Waals surface area contributed by atoms with Crippen LogP contribution in [0.25, 0.3) is 0 Å². The zero-order valence-corrected chi connectivity index (χ0v) is 13.7. The minimum absolute atomic E-state index is 0.0299. The quantitative estimate of drug-likeness (QED) is 0.870. The van der Waals surface area contributed by atoms with Crippen LogP contribution in [-0.4, -0.2) is 23.9 Å². The first-order valence-corrected chi connectivity index (χ1v) is 7.78. The summed E-state index contributed by atoms with van der Waals surface area (Å²) in [6, 6.07) is 15.7. The predicted octanol–water partition coefficient (Wildman–Crippen LogP) is 4.11. The van der Waals surface area contributed by atoms with Crippen LogP contribution >= 0.6 is 11.6 Å². The van der Waals surface area contributed by atoms with E-state index in [0.29, 0.717) is 11.6 Å². The van der Waals surface area contributed by atoms with Gasteiger partial charge in [0.2, 0.25) is 5.91 Å². The van der Waals surface area contributed by atoms with Crippen LogP contribution in [0.2, 0.25) is 5.02 Å². The molecule has 1 amide bonds. The van der Waals surface area contributed by atoms with Gasteiger partial charge in [-0.25, -0.2) is 0 Å². The lowest BCUT2D eigenvalue weighted by molar-refractivity contribution is -0.117. The minimum Gasteiger partial charge on any atom is -0.325 e. The van der Waals surface area contributed by atoms with Crippen molar-refractivity contribution in [2.45, 2.75) is 20.4 Å². The Balaban J connectivity index is 1.93. The summed E-state index contributed by atoms with van der Waals surface area (Å²) in [4.78, 5) is 14.3. The fourth-order valence-electron chi connectivity index (χ4n) is 2.20. The van der Waals surface area contributed by atoms with Gasteiger partial charge < -0.3 is 5.32 Å². The molecule has 0 atom stereocenters. The molecule has 0 unspecified atom stereocenters. The maximum atomic E-state index is 12.2. The van der Waals surface area contributed by atoms with E-state index in [1.54, 1.807) is 6.07 Å². The summed E-state index contributed by atoms with van der Waals surface area (Å²) >= 11 is 6.08. The topological polar surface area (TPSA) is 32.3 Å². The molecule has 0 heterocycles. The summed E-state index contributed by atoms with van der Waals surface area (Å²) in [6.07, 6.45) is 0. The molecule has 0 bridgehead atoms. The summed E-state index contributed by atoms with van der Waals surface area (Å²) in [6.45, 7) is 5.93. The molecule has 116 valence electrons.